The summed E-state index contributed by atoms with van der Waals surface area (Å²) >= 11 is 0. The SMILES string of the molecule is COc1ccnc(-c2nc3cc(OC(F)(F)F)ccc3[nH]2)c1OC. The molecular formula is C15H12F3N3O3. The van der Waals surface area contributed by atoms with Crippen LogP contribution in [0.5, 0.6) is 17.2 Å². The Bertz CT molecular complexity index is 877. The normalized spacial score (nSPS) is 11.5. The number of fused-ring (bicyclic) bond motifs is 1. The highest BCUT2D eigenvalue weighted by molar-refractivity contribution is 5.81. The second-order valence-corrected chi connectivity index (χ2v) is 4.71. The molecule has 0 aliphatic heterocycles. The van der Waals surface area contributed by atoms with Crippen LogP contribution < -0.4 is 14.2 Å². The molecule has 126 valence electrons. The Morgan fingerprint density at radius 1 is 1.08 bits per heavy atom. The molecule has 24 heavy (non-hydrogen) atoms. The van der Waals surface area contributed by atoms with Gasteiger partial charge in [-0.25, -0.2) is 9.97 Å². The second-order valence-electron chi connectivity index (χ2n) is 4.71. The Labute approximate surface area is 134 Å². The number of hydrogen-bond acceptors (Lipinski definition) is 5. The first-order chi connectivity index (χ1) is 11.4. The van der Waals surface area contributed by atoms with E-state index in [-0.39, 0.29) is 5.75 Å². The fourth-order valence-electron chi connectivity index (χ4n) is 2.25. The van der Waals surface area contributed by atoms with Crippen LogP contribution in [0.4, 0.5) is 13.2 Å². The van der Waals surface area contributed by atoms with Gasteiger partial charge in [-0.05, 0) is 12.1 Å². The lowest BCUT2D eigenvalue weighted by Crippen LogP contribution is -2.16. The maximum Gasteiger partial charge on any atom is 0.573 e. The minimum Gasteiger partial charge on any atom is -0.493 e. The topological polar surface area (TPSA) is 69.3 Å². The van der Waals surface area contributed by atoms with Gasteiger partial charge in [-0.3, -0.25) is 0 Å². The number of rotatable bonds is 4. The van der Waals surface area contributed by atoms with E-state index in [0.717, 1.165) is 0 Å². The number of H-pyrrole nitrogens is 1. The smallest absolute Gasteiger partial charge is 0.493 e. The van der Waals surface area contributed by atoms with Crippen molar-refractivity contribution in [2.75, 3.05) is 14.2 Å². The molecule has 2 aromatic heterocycles. The third kappa shape index (κ3) is 3.05. The van der Waals surface area contributed by atoms with Gasteiger partial charge in [0, 0.05) is 18.3 Å². The van der Waals surface area contributed by atoms with Gasteiger partial charge in [0.15, 0.2) is 23.0 Å². The van der Waals surface area contributed by atoms with Crippen molar-refractivity contribution in [2.45, 2.75) is 6.36 Å². The molecule has 0 saturated carbocycles. The summed E-state index contributed by atoms with van der Waals surface area (Å²) in [7, 11) is 2.95. The number of hydrogen-bond donors (Lipinski definition) is 1. The number of alkyl halides is 3. The highest BCUT2D eigenvalue weighted by Crippen LogP contribution is 2.35. The minimum atomic E-state index is -4.76. The van der Waals surface area contributed by atoms with Crippen molar-refractivity contribution >= 4 is 11.0 Å². The molecule has 1 N–H and O–H groups in total. The average molecular weight is 339 g/mol. The summed E-state index contributed by atoms with van der Waals surface area (Å²) in [6.45, 7) is 0. The van der Waals surface area contributed by atoms with E-state index in [1.165, 1.54) is 38.6 Å². The van der Waals surface area contributed by atoms with Crippen LogP contribution in [0, 0.1) is 0 Å². The zero-order chi connectivity index (χ0) is 17.3. The zero-order valence-corrected chi connectivity index (χ0v) is 12.6. The number of ether oxygens (including phenoxy) is 3. The Morgan fingerprint density at radius 2 is 1.88 bits per heavy atom. The van der Waals surface area contributed by atoms with Crippen molar-refractivity contribution in [3.63, 3.8) is 0 Å². The molecule has 6 nitrogen and oxygen atoms in total. The van der Waals surface area contributed by atoms with Gasteiger partial charge in [0.05, 0.1) is 25.3 Å². The van der Waals surface area contributed by atoms with E-state index in [9.17, 15) is 13.2 Å². The van der Waals surface area contributed by atoms with Crippen molar-refractivity contribution in [3.8, 4) is 28.8 Å². The first-order valence-corrected chi connectivity index (χ1v) is 6.74. The summed E-state index contributed by atoms with van der Waals surface area (Å²) < 4.78 is 51.3. The number of methoxy groups -OCH3 is 2. The maximum absolute atomic E-state index is 12.3. The molecule has 0 spiro atoms. The molecule has 0 unspecified atom stereocenters. The maximum atomic E-state index is 12.3. The fourth-order valence-corrected chi connectivity index (χ4v) is 2.25. The third-order valence-corrected chi connectivity index (χ3v) is 3.20. The Kier molecular flexibility index (Phi) is 3.92. The molecular weight excluding hydrogens is 327 g/mol. The summed E-state index contributed by atoms with van der Waals surface area (Å²) in [4.78, 5) is 11.4. The van der Waals surface area contributed by atoms with E-state index < -0.39 is 6.36 Å². The minimum absolute atomic E-state index is 0.304. The summed E-state index contributed by atoms with van der Waals surface area (Å²) in [5.74, 6) is 0.818. The van der Waals surface area contributed by atoms with Crippen LogP contribution in [0.1, 0.15) is 0 Å². The molecule has 1 aromatic carbocycles. The molecule has 0 saturated heterocycles. The van der Waals surface area contributed by atoms with E-state index in [4.69, 9.17) is 9.47 Å². The number of aromatic nitrogens is 3. The van der Waals surface area contributed by atoms with Crippen LogP contribution in [0.2, 0.25) is 0 Å². The Hall–Kier alpha value is -2.97. The van der Waals surface area contributed by atoms with Crippen molar-refractivity contribution < 1.29 is 27.4 Å². The number of pyridine rings is 1. The van der Waals surface area contributed by atoms with Crippen LogP contribution in [-0.4, -0.2) is 35.5 Å². The van der Waals surface area contributed by atoms with E-state index in [1.807, 2.05) is 0 Å². The molecule has 0 aliphatic rings. The number of nitrogens with one attached hydrogen (secondary N) is 1. The predicted octanol–water partition coefficient (Wildman–Crippen LogP) is 3.54. The van der Waals surface area contributed by atoms with Gasteiger partial charge in [-0.2, -0.15) is 0 Å². The first kappa shape index (κ1) is 15.9. The number of aromatic amines is 1. The predicted molar refractivity (Wildman–Crippen MR) is 79.1 cm³/mol. The van der Waals surface area contributed by atoms with Crippen molar-refractivity contribution in [2.24, 2.45) is 0 Å². The molecule has 0 fully saturated rings. The van der Waals surface area contributed by atoms with Crippen LogP contribution in [-0.2, 0) is 0 Å². The van der Waals surface area contributed by atoms with Crippen LogP contribution in [0.15, 0.2) is 30.5 Å². The lowest BCUT2D eigenvalue weighted by Gasteiger charge is -2.09. The lowest BCUT2D eigenvalue weighted by atomic mass is 10.3. The summed E-state index contributed by atoms with van der Waals surface area (Å²) in [6.07, 6.45) is -3.24. The van der Waals surface area contributed by atoms with Gasteiger partial charge < -0.3 is 19.2 Å². The Morgan fingerprint density at radius 3 is 2.54 bits per heavy atom. The lowest BCUT2D eigenvalue weighted by molar-refractivity contribution is -0.274. The highest BCUT2D eigenvalue weighted by Gasteiger charge is 2.31. The zero-order valence-electron chi connectivity index (χ0n) is 12.6. The molecule has 2 heterocycles. The number of imidazole rings is 1. The molecule has 9 heteroatoms. The second kappa shape index (κ2) is 5.91. The van der Waals surface area contributed by atoms with Crippen molar-refractivity contribution in [1.29, 1.82) is 0 Å². The standard InChI is InChI=1S/C15H12F3N3O3/c1-22-11-5-6-19-12(13(11)23-2)14-20-9-4-3-8(7-10(9)21-14)24-15(16,17)18/h3-7H,1-2H3,(H,20,21). The van der Waals surface area contributed by atoms with Crippen LogP contribution >= 0.6 is 0 Å². The molecule has 0 atom stereocenters. The number of nitrogens with zero attached hydrogens (tertiary/aromatic N) is 2. The van der Waals surface area contributed by atoms with Crippen molar-refractivity contribution in [3.05, 3.63) is 30.5 Å². The van der Waals surface area contributed by atoms with E-state index in [1.54, 1.807) is 6.07 Å². The van der Waals surface area contributed by atoms with Gasteiger partial charge in [0.2, 0.25) is 0 Å². The molecule has 0 bridgehead atoms. The van der Waals surface area contributed by atoms with Gasteiger partial charge in [-0.15, -0.1) is 13.2 Å². The third-order valence-electron chi connectivity index (χ3n) is 3.20. The van der Waals surface area contributed by atoms with E-state index >= 15 is 0 Å². The van der Waals surface area contributed by atoms with Gasteiger partial charge in [-0.1, -0.05) is 0 Å². The molecule has 0 aliphatic carbocycles. The fraction of sp³-hybridized carbons (Fsp3) is 0.200. The van der Waals surface area contributed by atoms with Crippen LogP contribution in [0.25, 0.3) is 22.6 Å². The van der Waals surface area contributed by atoms with E-state index in [2.05, 4.69) is 19.7 Å². The highest BCUT2D eigenvalue weighted by atomic mass is 19.4. The monoisotopic (exact) mass is 339 g/mol. The quantitative estimate of drug-likeness (QED) is 0.787. The average Bonchev–Trinajstić information content (AvgIpc) is 2.95. The van der Waals surface area contributed by atoms with Gasteiger partial charge in [0.25, 0.3) is 0 Å². The van der Waals surface area contributed by atoms with Crippen molar-refractivity contribution in [1.82, 2.24) is 15.0 Å². The summed E-state index contributed by atoms with van der Waals surface area (Å²) in [6, 6.07) is 5.46. The summed E-state index contributed by atoms with van der Waals surface area (Å²) in [5, 5.41) is 0. The molecule has 0 radical (unpaired) electrons. The van der Waals surface area contributed by atoms with E-state index in [0.29, 0.717) is 34.1 Å². The molecule has 3 rings (SSSR count). The van der Waals surface area contributed by atoms with Gasteiger partial charge >= 0.3 is 6.36 Å². The first-order valence-electron chi connectivity index (χ1n) is 6.74. The molecule has 0 amide bonds. The Balaban J connectivity index is 2.06. The number of benzene rings is 1. The van der Waals surface area contributed by atoms with Crippen LogP contribution in [0.3, 0.4) is 0 Å². The summed E-state index contributed by atoms with van der Waals surface area (Å²) in [5.41, 5.74) is 1.22. The molecule has 3 aromatic rings. The van der Waals surface area contributed by atoms with Gasteiger partial charge in [0.1, 0.15) is 5.75 Å². The largest absolute Gasteiger partial charge is 0.573 e. The number of halogens is 3.